The molecule has 0 heterocycles. The van der Waals surface area contributed by atoms with E-state index in [0.29, 0.717) is 10.7 Å². The molecule has 1 amide bonds. The number of nitrogens with one attached hydrogen (secondary N) is 2. The number of anilines is 1. The van der Waals surface area contributed by atoms with Crippen molar-refractivity contribution in [3.05, 3.63) is 93.5 Å². The number of amides is 1. The van der Waals surface area contributed by atoms with Gasteiger partial charge in [-0.25, -0.2) is 8.42 Å². The molecule has 8 heteroatoms. The predicted octanol–water partition coefficient (Wildman–Crippen LogP) is 5.03. The van der Waals surface area contributed by atoms with Crippen molar-refractivity contribution in [3.8, 4) is 0 Å². The molecule has 0 aliphatic carbocycles. The highest BCUT2D eigenvalue weighted by atomic mass is 35.5. The average Bonchev–Trinajstić information content (AvgIpc) is 2.67. The molecule has 0 aromatic heterocycles. The van der Waals surface area contributed by atoms with Gasteiger partial charge in [0.05, 0.1) is 5.02 Å². The fourth-order valence-electron chi connectivity index (χ4n) is 2.69. The van der Waals surface area contributed by atoms with E-state index in [-0.39, 0.29) is 22.0 Å². The fourth-order valence-corrected chi connectivity index (χ4v) is 4.47. The maximum Gasteiger partial charge on any atom is 0.263 e. The molecule has 0 fully saturated rings. The van der Waals surface area contributed by atoms with Gasteiger partial charge in [0, 0.05) is 22.8 Å². The second kappa shape index (κ2) is 8.86. The maximum absolute atomic E-state index is 12.8. The van der Waals surface area contributed by atoms with Gasteiger partial charge in [-0.05, 0) is 54.4 Å². The Kier molecular flexibility index (Phi) is 6.47. The van der Waals surface area contributed by atoms with E-state index in [2.05, 4.69) is 10.0 Å². The van der Waals surface area contributed by atoms with Crippen LogP contribution in [0.1, 0.15) is 21.5 Å². The van der Waals surface area contributed by atoms with Crippen molar-refractivity contribution in [2.75, 3.05) is 4.72 Å². The minimum Gasteiger partial charge on any atom is -0.348 e. The summed E-state index contributed by atoms with van der Waals surface area (Å²) >= 11 is 12.2. The fraction of sp³-hybridized carbons (Fsp3) is 0.0952. The number of carbonyl (C=O) groups excluding carboxylic acids is 1. The summed E-state index contributed by atoms with van der Waals surface area (Å²) in [5.74, 6) is -0.436. The highest BCUT2D eigenvalue weighted by Crippen LogP contribution is 2.25. The molecule has 0 saturated carbocycles. The van der Waals surface area contributed by atoms with Crippen molar-refractivity contribution >= 4 is 44.8 Å². The van der Waals surface area contributed by atoms with E-state index in [9.17, 15) is 13.2 Å². The Balaban J connectivity index is 1.81. The third-order valence-corrected chi connectivity index (χ3v) is 6.38. The topological polar surface area (TPSA) is 75.3 Å². The first-order chi connectivity index (χ1) is 13.8. The molecule has 3 rings (SSSR count). The molecule has 0 aliphatic heterocycles. The summed E-state index contributed by atoms with van der Waals surface area (Å²) in [7, 11) is -3.97. The summed E-state index contributed by atoms with van der Waals surface area (Å²) in [4.78, 5) is 12.3. The Morgan fingerprint density at radius 1 is 0.931 bits per heavy atom. The number of carbonyl (C=O) groups is 1. The molecule has 150 valence electrons. The minimum absolute atomic E-state index is 0.0211. The van der Waals surface area contributed by atoms with Crippen LogP contribution in [-0.2, 0) is 16.6 Å². The van der Waals surface area contributed by atoms with Gasteiger partial charge in [0.1, 0.15) is 4.90 Å². The molecular weight excluding hydrogens is 431 g/mol. The molecule has 5 nitrogen and oxygen atoms in total. The van der Waals surface area contributed by atoms with Crippen LogP contribution in [0.2, 0.25) is 10.0 Å². The number of aryl methyl sites for hydroxylation is 1. The van der Waals surface area contributed by atoms with Crippen LogP contribution >= 0.6 is 23.2 Å². The zero-order valence-electron chi connectivity index (χ0n) is 15.4. The van der Waals surface area contributed by atoms with Crippen LogP contribution in [0.3, 0.4) is 0 Å². The van der Waals surface area contributed by atoms with Crippen molar-refractivity contribution in [2.45, 2.75) is 18.4 Å². The Labute approximate surface area is 179 Å². The molecule has 0 aliphatic rings. The standard InChI is InChI=1S/C21H18Cl2N2O3S/c1-14-5-4-7-17(11-14)25-29(27,28)20-12-15(9-10-19(20)23)21(26)24-13-16-6-2-3-8-18(16)22/h2-12,25H,13H2,1H3,(H,24,26). The van der Waals surface area contributed by atoms with Crippen molar-refractivity contribution in [1.82, 2.24) is 5.32 Å². The molecular formula is C21H18Cl2N2O3S. The Morgan fingerprint density at radius 3 is 2.41 bits per heavy atom. The lowest BCUT2D eigenvalue weighted by Gasteiger charge is -2.12. The Morgan fingerprint density at radius 2 is 1.69 bits per heavy atom. The second-order valence-electron chi connectivity index (χ2n) is 6.39. The summed E-state index contributed by atoms with van der Waals surface area (Å²) in [6, 6.07) is 18.2. The number of rotatable bonds is 6. The first-order valence-electron chi connectivity index (χ1n) is 8.67. The lowest BCUT2D eigenvalue weighted by molar-refractivity contribution is 0.0950. The molecule has 0 atom stereocenters. The molecule has 0 radical (unpaired) electrons. The van der Waals surface area contributed by atoms with Gasteiger partial charge in [0.25, 0.3) is 15.9 Å². The molecule has 3 aromatic carbocycles. The Hall–Kier alpha value is -2.54. The van der Waals surface area contributed by atoms with Gasteiger partial charge in [0.2, 0.25) is 0 Å². The maximum atomic E-state index is 12.8. The van der Waals surface area contributed by atoms with Gasteiger partial charge < -0.3 is 5.32 Å². The molecule has 0 spiro atoms. The Bertz CT molecular complexity index is 1160. The summed E-state index contributed by atoms with van der Waals surface area (Å²) in [5.41, 5.74) is 2.25. The van der Waals surface area contributed by atoms with Crippen molar-refractivity contribution in [2.24, 2.45) is 0 Å². The monoisotopic (exact) mass is 448 g/mol. The van der Waals surface area contributed by atoms with E-state index in [1.165, 1.54) is 18.2 Å². The molecule has 0 bridgehead atoms. The first-order valence-corrected chi connectivity index (χ1v) is 10.9. The summed E-state index contributed by atoms with van der Waals surface area (Å²) in [5, 5.41) is 3.29. The van der Waals surface area contributed by atoms with Crippen LogP contribution in [-0.4, -0.2) is 14.3 Å². The number of hydrogen-bond acceptors (Lipinski definition) is 3. The van der Waals surface area contributed by atoms with Gasteiger partial charge >= 0.3 is 0 Å². The summed E-state index contributed by atoms with van der Waals surface area (Å²) < 4.78 is 28.1. The minimum atomic E-state index is -3.97. The lowest BCUT2D eigenvalue weighted by Crippen LogP contribution is -2.23. The van der Waals surface area contributed by atoms with Crippen LogP contribution in [0.5, 0.6) is 0 Å². The van der Waals surface area contributed by atoms with Crippen LogP contribution in [0.25, 0.3) is 0 Å². The summed E-state index contributed by atoms with van der Waals surface area (Å²) in [6.45, 7) is 2.07. The average molecular weight is 449 g/mol. The quantitative estimate of drug-likeness (QED) is 0.554. The summed E-state index contributed by atoms with van der Waals surface area (Å²) in [6.07, 6.45) is 0. The second-order valence-corrected chi connectivity index (χ2v) is 8.86. The zero-order chi connectivity index (χ0) is 21.0. The van der Waals surface area contributed by atoms with Crippen molar-refractivity contribution in [1.29, 1.82) is 0 Å². The van der Waals surface area contributed by atoms with Gasteiger partial charge in [0.15, 0.2) is 0 Å². The third kappa shape index (κ3) is 5.29. The van der Waals surface area contributed by atoms with Crippen LogP contribution in [0.15, 0.2) is 71.6 Å². The van der Waals surface area contributed by atoms with Gasteiger partial charge in [-0.2, -0.15) is 0 Å². The molecule has 0 saturated heterocycles. The van der Waals surface area contributed by atoms with E-state index >= 15 is 0 Å². The van der Waals surface area contributed by atoms with Crippen LogP contribution in [0.4, 0.5) is 5.69 Å². The molecule has 2 N–H and O–H groups in total. The number of benzene rings is 3. The van der Waals surface area contributed by atoms with Gasteiger partial charge in [-0.3, -0.25) is 9.52 Å². The van der Waals surface area contributed by atoms with E-state index in [1.807, 2.05) is 19.1 Å². The third-order valence-electron chi connectivity index (χ3n) is 4.15. The van der Waals surface area contributed by atoms with E-state index < -0.39 is 15.9 Å². The number of hydrogen-bond donors (Lipinski definition) is 2. The molecule has 3 aromatic rings. The highest BCUT2D eigenvalue weighted by molar-refractivity contribution is 7.92. The molecule has 29 heavy (non-hydrogen) atoms. The highest BCUT2D eigenvalue weighted by Gasteiger charge is 2.20. The molecule has 0 unspecified atom stereocenters. The normalized spacial score (nSPS) is 11.1. The van der Waals surface area contributed by atoms with E-state index in [1.54, 1.807) is 36.4 Å². The van der Waals surface area contributed by atoms with E-state index in [4.69, 9.17) is 23.2 Å². The largest absolute Gasteiger partial charge is 0.348 e. The SMILES string of the molecule is Cc1cccc(NS(=O)(=O)c2cc(C(=O)NCc3ccccc3Cl)ccc2Cl)c1. The number of sulfonamides is 1. The lowest BCUT2D eigenvalue weighted by atomic mass is 10.2. The predicted molar refractivity (Wildman–Crippen MR) is 116 cm³/mol. The van der Waals surface area contributed by atoms with E-state index in [0.717, 1.165) is 11.1 Å². The van der Waals surface area contributed by atoms with Gasteiger partial charge in [-0.1, -0.05) is 53.5 Å². The van der Waals surface area contributed by atoms with Gasteiger partial charge in [-0.15, -0.1) is 0 Å². The van der Waals surface area contributed by atoms with Crippen LogP contribution < -0.4 is 10.0 Å². The van der Waals surface area contributed by atoms with Crippen molar-refractivity contribution < 1.29 is 13.2 Å². The number of halogens is 2. The zero-order valence-corrected chi connectivity index (χ0v) is 17.8. The van der Waals surface area contributed by atoms with Crippen LogP contribution in [0, 0.1) is 6.92 Å². The first kappa shape index (κ1) is 21.2. The smallest absolute Gasteiger partial charge is 0.263 e. The van der Waals surface area contributed by atoms with Crippen molar-refractivity contribution in [3.63, 3.8) is 0 Å².